The minimum absolute atomic E-state index is 0.345. The highest BCUT2D eigenvalue weighted by Crippen LogP contribution is 2.19. The molecule has 0 aliphatic rings. The van der Waals surface area contributed by atoms with Gasteiger partial charge < -0.3 is 0 Å². The van der Waals surface area contributed by atoms with Crippen LogP contribution in [0.25, 0.3) is 11.3 Å². The molecule has 0 atom stereocenters. The van der Waals surface area contributed by atoms with E-state index in [0.717, 1.165) is 16.8 Å². The molecule has 1 aromatic carbocycles. The van der Waals surface area contributed by atoms with Crippen LogP contribution in [0.2, 0.25) is 0 Å². The molecule has 1 aromatic heterocycles. The monoisotopic (exact) mass is 216 g/mol. The number of hydrogen-bond acceptors (Lipinski definition) is 1. The van der Waals surface area contributed by atoms with Gasteiger partial charge in [0.15, 0.2) is 0 Å². The highest BCUT2D eigenvalue weighted by Gasteiger charge is 2.02. The molecule has 2 aromatic rings. The van der Waals surface area contributed by atoms with E-state index >= 15 is 0 Å². The van der Waals surface area contributed by atoms with Crippen LogP contribution in [0.5, 0.6) is 0 Å². The lowest BCUT2D eigenvalue weighted by atomic mass is 10.1. The summed E-state index contributed by atoms with van der Waals surface area (Å²) < 4.78 is 0. The first-order valence-electron chi connectivity index (χ1n) is 4.55. The molecule has 1 N–H and O–H groups in total. The van der Waals surface area contributed by atoms with E-state index in [2.05, 4.69) is 22.0 Å². The summed E-state index contributed by atoms with van der Waals surface area (Å²) in [5.74, 6) is 6.21. The van der Waals surface area contributed by atoms with Gasteiger partial charge in [0.1, 0.15) is 0 Å². The zero-order valence-corrected chi connectivity index (χ0v) is 8.75. The minimum Gasteiger partial charge on any atom is -0.278 e. The molecule has 0 fully saturated rings. The van der Waals surface area contributed by atoms with Crippen molar-refractivity contribution in [3.63, 3.8) is 0 Å². The zero-order valence-electron chi connectivity index (χ0n) is 8.00. The molecule has 0 aliphatic carbocycles. The smallest absolute Gasteiger partial charge is 0.0839 e. The Morgan fingerprint density at radius 1 is 1.27 bits per heavy atom. The zero-order chi connectivity index (χ0) is 10.5. The molecule has 74 valence electrons. The van der Waals surface area contributed by atoms with Crippen molar-refractivity contribution in [1.29, 1.82) is 0 Å². The summed E-state index contributed by atoms with van der Waals surface area (Å²) in [7, 11) is 0. The molecule has 1 heterocycles. The van der Waals surface area contributed by atoms with Crippen molar-refractivity contribution in [3.8, 4) is 23.1 Å². The molecule has 0 saturated heterocycles. The first-order valence-corrected chi connectivity index (χ1v) is 5.09. The first kappa shape index (κ1) is 9.82. The Balaban J connectivity index is 2.47. The highest BCUT2D eigenvalue weighted by atomic mass is 35.5. The van der Waals surface area contributed by atoms with Crippen LogP contribution in [-0.4, -0.2) is 16.1 Å². The van der Waals surface area contributed by atoms with E-state index in [1.54, 1.807) is 6.20 Å². The van der Waals surface area contributed by atoms with Crippen LogP contribution >= 0.6 is 11.6 Å². The molecule has 2 rings (SSSR count). The number of alkyl halides is 1. The average Bonchev–Trinajstić information content (AvgIpc) is 2.80. The van der Waals surface area contributed by atoms with Gasteiger partial charge in [-0.05, 0) is 12.1 Å². The standard InChI is InChI=1S/C12H9ClN2/c13-8-3-5-10-4-1-2-6-11(10)12-7-9-14-15-12/h1-2,4,6-7,9H,8H2,(H,14,15). The van der Waals surface area contributed by atoms with Gasteiger partial charge in [-0.15, -0.1) is 11.6 Å². The van der Waals surface area contributed by atoms with Gasteiger partial charge in [0, 0.05) is 17.3 Å². The minimum atomic E-state index is 0.345. The maximum absolute atomic E-state index is 5.53. The summed E-state index contributed by atoms with van der Waals surface area (Å²) in [6, 6.07) is 9.82. The fourth-order valence-corrected chi connectivity index (χ4v) is 1.43. The fourth-order valence-electron chi connectivity index (χ4n) is 1.36. The molecule has 0 amide bonds. The number of benzene rings is 1. The lowest BCUT2D eigenvalue weighted by Gasteiger charge is -2.00. The van der Waals surface area contributed by atoms with E-state index in [0.29, 0.717) is 5.88 Å². The molecular weight excluding hydrogens is 208 g/mol. The van der Waals surface area contributed by atoms with E-state index in [-0.39, 0.29) is 0 Å². The van der Waals surface area contributed by atoms with Gasteiger partial charge in [-0.3, -0.25) is 5.10 Å². The van der Waals surface area contributed by atoms with Crippen LogP contribution in [0.3, 0.4) is 0 Å². The Labute approximate surface area is 93.3 Å². The van der Waals surface area contributed by atoms with Crippen molar-refractivity contribution >= 4 is 11.6 Å². The Morgan fingerprint density at radius 3 is 2.87 bits per heavy atom. The van der Waals surface area contributed by atoms with Crippen LogP contribution in [0, 0.1) is 11.8 Å². The van der Waals surface area contributed by atoms with E-state index in [4.69, 9.17) is 11.6 Å². The molecular formula is C12H9ClN2. The SMILES string of the molecule is ClCC#Cc1ccccc1-c1ccn[nH]1. The van der Waals surface area contributed by atoms with E-state index in [1.807, 2.05) is 30.3 Å². The molecule has 0 radical (unpaired) electrons. The maximum atomic E-state index is 5.53. The first-order chi connectivity index (χ1) is 7.42. The second kappa shape index (κ2) is 4.68. The van der Waals surface area contributed by atoms with Crippen molar-refractivity contribution in [1.82, 2.24) is 10.2 Å². The van der Waals surface area contributed by atoms with Crippen LogP contribution in [0.4, 0.5) is 0 Å². The van der Waals surface area contributed by atoms with Gasteiger partial charge in [-0.25, -0.2) is 0 Å². The largest absolute Gasteiger partial charge is 0.278 e. The normalized spacial score (nSPS) is 9.40. The predicted molar refractivity (Wildman–Crippen MR) is 61.6 cm³/mol. The summed E-state index contributed by atoms with van der Waals surface area (Å²) in [5.41, 5.74) is 2.98. The van der Waals surface area contributed by atoms with Gasteiger partial charge in [0.2, 0.25) is 0 Å². The Kier molecular flexibility index (Phi) is 3.06. The molecule has 0 unspecified atom stereocenters. The number of nitrogens with zero attached hydrogens (tertiary/aromatic N) is 1. The van der Waals surface area contributed by atoms with Crippen LogP contribution in [0.15, 0.2) is 36.5 Å². The predicted octanol–water partition coefficient (Wildman–Crippen LogP) is 2.67. The number of halogens is 1. The Morgan fingerprint density at radius 2 is 2.13 bits per heavy atom. The van der Waals surface area contributed by atoms with Gasteiger partial charge in [-0.2, -0.15) is 5.10 Å². The summed E-state index contributed by atoms with van der Waals surface area (Å²) in [4.78, 5) is 0. The third-order valence-corrected chi connectivity index (χ3v) is 2.14. The molecule has 0 saturated carbocycles. The second-order valence-electron chi connectivity index (χ2n) is 2.95. The average molecular weight is 217 g/mol. The lowest BCUT2D eigenvalue weighted by molar-refractivity contribution is 1.09. The van der Waals surface area contributed by atoms with Crippen molar-refractivity contribution in [2.45, 2.75) is 0 Å². The molecule has 15 heavy (non-hydrogen) atoms. The summed E-state index contributed by atoms with van der Waals surface area (Å²) in [5, 5.41) is 6.84. The Hall–Kier alpha value is -1.72. The van der Waals surface area contributed by atoms with Crippen LogP contribution in [-0.2, 0) is 0 Å². The van der Waals surface area contributed by atoms with Crippen molar-refractivity contribution in [2.75, 3.05) is 5.88 Å². The van der Waals surface area contributed by atoms with Gasteiger partial charge in [0.05, 0.1) is 11.6 Å². The molecule has 2 nitrogen and oxygen atoms in total. The second-order valence-corrected chi connectivity index (χ2v) is 3.22. The third-order valence-electron chi connectivity index (χ3n) is 2.01. The number of H-pyrrole nitrogens is 1. The van der Waals surface area contributed by atoms with Gasteiger partial charge in [-0.1, -0.05) is 30.0 Å². The van der Waals surface area contributed by atoms with Crippen molar-refractivity contribution in [2.24, 2.45) is 0 Å². The van der Waals surface area contributed by atoms with Crippen molar-refractivity contribution < 1.29 is 0 Å². The van der Waals surface area contributed by atoms with Gasteiger partial charge >= 0.3 is 0 Å². The summed E-state index contributed by atoms with van der Waals surface area (Å²) >= 11 is 5.53. The van der Waals surface area contributed by atoms with E-state index < -0.39 is 0 Å². The van der Waals surface area contributed by atoms with Crippen LogP contribution < -0.4 is 0 Å². The Bertz CT molecular complexity index is 492. The molecule has 0 aliphatic heterocycles. The maximum Gasteiger partial charge on any atom is 0.0839 e. The molecule has 0 bridgehead atoms. The number of aromatic amines is 1. The number of aromatic nitrogens is 2. The number of nitrogens with one attached hydrogen (secondary N) is 1. The molecule has 3 heteroatoms. The van der Waals surface area contributed by atoms with Crippen LogP contribution in [0.1, 0.15) is 5.56 Å². The van der Waals surface area contributed by atoms with E-state index in [1.165, 1.54) is 0 Å². The quantitative estimate of drug-likeness (QED) is 0.576. The van der Waals surface area contributed by atoms with Gasteiger partial charge in [0.25, 0.3) is 0 Å². The third kappa shape index (κ3) is 2.20. The highest BCUT2D eigenvalue weighted by molar-refractivity contribution is 6.19. The topological polar surface area (TPSA) is 28.7 Å². The number of rotatable bonds is 1. The fraction of sp³-hybridized carbons (Fsp3) is 0.0833. The number of hydrogen-bond donors (Lipinski definition) is 1. The van der Waals surface area contributed by atoms with E-state index in [9.17, 15) is 0 Å². The van der Waals surface area contributed by atoms with Crippen molar-refractivity contribution in [3.05, 3.63) is 42.1 Å². The summed E-state index contributed by atoms with van der Waals surface area (Å²) in [6.07, 6.45) is 1.72. The molecule has 0 spiro atoms. The summed E-state index contributed by atoms with van der Waals surface area (Å²) in [6.45, 7) is 0. The lowest BCUT2D eigenvalue weighted by Crippen LogP contribution is -1.84.